The van der Waals surface area contributed by atoms with Crippen LogP contribution in [0.4, 0.5) is 4.39 Å². The number of rotatable bonds is 7. The predicted molar refractivity (Wildman–Crippen MR) is 101 cm³/mol. The van der Waals surface area contributed by atoms with Crippen LogP contribution in [0.1, 0.15) is 23.2 Å². The molecular formula is C18H21FN2O4S2. The Balaban J connectivity index is 1.79. The molecule has 0 saturated carbocycles. The van der Waals surface area contributed by atoms with Gasteiger partial charge in [0.25, 0.3) is 15.9 Å². The van der Waals surface area contributed by atoms with Gasteiger partial charge in [-0.1, -0.05) is 6.07 Å². The van der Waals surface area contributed by atoms with Crippen molar-refractivity contribution >= 4 is 27.3 Å². The Morgan fingerprint density at radius 2 is 2.07 bits per heavy atom. The first-order chi connectivity index (χ1) is 12.9. The molecule has 2 aromatic rings. The van der Waals surface area contributed by atoms with Crippen LogP contribution in [0.25, 0.3) is 0 Å². The normalized spacial score (nSPS) is 20.7. The molecule has 1 saturated heterocycles. The number of ether oxygens (including phenoxy) is 1. The van der Waals surface area contributed by atoms with E-state index in [2.05, 4.69) is 5.32 Å². The molecule has 146 valence electrons. The van der Waals surface area contributed by atoms with Crippen molar-refractivity contribution in [3.63, 3.8) is 0 Å². The molecular weight excluding hydrogens is 391 g/mol. The van der Waals surface area contributed by atoms with E-state index in [4.69, 9.17) is 4.74 Å². The fourth-order valence-electron chi connectivity index (χ4n) is 3.16. The van der Waals surface area contributed by atoms with E-state index in [1.54, 1.807) is 24.6 Å². The molecule has 9 heteroatoms. The van der Waals surface area contributed by atoms with Crippen molar-refractivity contribution in [2.45, 2.75) is 22.6 Å². The number of benzene rings is 1. The van der Waals surface area contributed by atoms with Gasteiger partial charge in [-0.25, -0.2) is 12.8 Å². The summed E-state index contributed by atoms with van der Waals surface area (Å²) in [6, 6.07) is 8.53. The maximum atomic E-state index is 13.1. The number of halogens is 1. The summed E-state index contributed by atoms with van der Waals surface area (Å²) in [5.41, 5.74) is -0.404. The van der Waals surface area contributed by atoms with Crippen molar-refractivity contribution in [1.29, 1.82) is 0 Å². The average molecular weight is 413 g/mol. The quantitative estimate of drug-likeness (QED) is 0.758. The van der Waals surface area contributed by atoms with E-state index >= 15 is 0 Å². The second-order valence-corrected chi connectivity index (χ2v) is 9.62. The summed E-state index contributed by atoms with van der Waals surface area (Å²) >= 11 is 1.17. The van der Waals surface area contributed by atoms with Gasteiger partial charge in [0.15, 0.2) is 0 Å². The van der Waals surface area contributed by atoms with Crippen LogP contribution in [-0.2, 0) is 14.8 Å². The molecule has 1 fully saturated rings. The Morgan fingerprint density at radius 1 is 1.33 bits per heavy atom. The summed E-state index contributed by atoms with van der Waals surface area (Å²) in [4.78, 5) is 12.6. The number of nitrogens with zero attached hydrogens (tertiary/aromatic N) is 1. The maximum Gasteiger partial charge on any atom is 0.252 e. The highest BCUT2D eigenvalue weighted by Crippen LogP contribution is 2.31. The molecule has 0 radical (unpaired) electrons. The molecule has 0 spiro atoms. The van der Waals surface area contributed by atoms with Crippen LogP contribution in [0, 0.1) is 5.82 Å². The van der Waals surface area contributed by atoms with Gasteiger partial charge in [-0.2, -0.15) is 4.31 Å². The molecule has 0 aliphatic carbocycles. The second-order valence-electron chi connectivity index (χ2n) is 6.50. The number of carbonyl (C=O) groups is 1. The van der Waals surface area contributed by atoms with Gasteiger partial charge in [-0.3, -0.25) is 4.79 Å². The van der Waals surface area contributed by atoms with Crippen molar-refractivity contribution in [1.82, 2.24) is 9.62 Å². The van der Waals surface area contributed by atoms with Gasteiger partial charge in [0.2, 0.25) is 0 Å². The van der Waals surface area contributed by atoms with Crippen molar-refractivity contribution in [2.24, 2.45) is 0 Å². The molecule has 0 bridgehead atoms. The molecule has 2 heterocycles. The zero-order valence-electron chi connectivity index (χ0n) is 14.9. The number of methoxy groups -OCH3 is 1. The van der Waals surface area contributed by atoms with E-state index in [1.165, 1.54) is 39.9 Å². The Kier molecular flexibility index (Phi) is 5.95. The fraction of sp³-hybridized carbons (Fsp3) is 0.389. The highest BCUT2D eigenvalue weighted by molar-refractivity contribution is 7.91. The molecule has 6 nitrogen and oxygen atoms in total. The minimum atomic E-state index is -3.59. The van der Waals surface area contributed by atoms with E-state index in [0.29, 0.717) is 31.6 Å². The van der Waals surface area contributed by atoms with E-state index in [1.807, 2.05) is 0 Å². The largest absolute Gasteiger partial charge is 0.385 e. The number of sulfonamides is 1. The molecule has 1 aliphatic rings. The van der Waals surface area contributed by atoms with Crippen molar-refractivity contribution in [3.8, 4) is 0 Å². The van der Waals surface area contributed by atoms with Crippen LogP contribution in [0.5, 0.6) is 0 Å². The molecule has 1 N–H and O–H groups in total. The van der Waals surface area contributed by atoms with Gasteiger partial charge < -0.3 is 10.1 Å². The summed E-state index contributed by atoms with van der Waals surface area (Å²) in [7, 11) is -2.03. The molecule has 27 heavy (non-hydrogen) atoms. The topological polar surface area (TPSA) is 75.7 Å². The van der Waals surface area contributed by atoms with E-state index in [0.717, 1.165) is 0 Å². The Bertz CT molecular complexity index is 885. The van der Waals surface area contributed by atoms with Crippen LogP contribution in [-0.4, -0.2) is 51.0 Å². The van der Waals surface area contributed by atoms with Gasteiger partial charge in [-0.05, 0) is 48.6 Å². The summed E-state index contributed by atoms with van der Waals surface area (Å²) in [6.07, 6.45) is 0.959. The third kappa shape index (κ3) is 4.37. The predicted octanol–water partition coefficient (Wildman–Crippen LogP) is 2.49. The number of amides is 1. The van der Waals surface area contributed by atoms with Crippen molar-refractivity contribution in [3.05, 3.63) is 53.2 Å². The first kappa shape index (κ1) is 19.9. The SMILES string of the molecule is COCCC1(NC(=O)c2ccc(F)cc2)CCN(S(=O)(=O)c2cccs2)C1. The lowest BCUT2D eigenvalue weighted by Crippen LogP contribution is -2.51. The number of carbonyl (C=O) groups excluding carboxylic acids is 1. The van der Waals surface area contributed by atoms with Crippen LogP contribution in [0.2, 0.25) is 0 Å². The number of thiophene rings is 1. The minimum Gasteiger partial charge on any atom is -0.385 e. The zero-order chi connectivity index (χ0) is 19.5. The highest BCUT2D eigenvalue weighted by atomic mass is 32.2. The summed E-state index contributed by atoms with van der Waals surface area (Å²) in [5, 5.41) is 4.69. The lowest BCUT2D eigenvalue weighted by Gasteiger charge is -2.30. The van der Waals surface area contributed by atoms with Crippen molar-refractivity contribution < 1.29 is 22.3 Å². The van der Waals surface area contributed by atoms with Crippen molar-refractivity contribution in [2.75, 3.05) is 26.8 Å². The zero-order valence-corrected chi connectivity index (χ0v) is 16.5. The maximum absolute atomic E-state index is 13.1. The first-order valence-electron chi connectivity index (χ1n) is 8.47. The summed E-state index contributed by atoms with van der Waals surface area (Å²) in [6.45, 7) is 0.869. The smallest absolute Gasteiger partial charge is 0.252 e. The third-order valence-corrected chi connectivity index (χ3v) is 7.90. The number of nitrogens with one attached hydrogen (secondary N) is 1. The Labute approximate surface area is 162 Å². The first-order valence-corrected chi connectivity index (χ1v) is 10.8. The summed E-state index contributed by atoms with van der Waals surface area (Å²) < 4.78 is 45.5. The Morgan fingerprint density at radius 3 is 2.70 bits per heavy atom. The van der Waals surface area contributed by atoms with Gasteiger partial charge in [0.1, 0.15) is 10.0 Å². The van der Waals surface area contributed by atoms with Crippen LogP contribution < -0.4 is 5.32 Å². The number of hydrogen-bond acceptors (Lipinski definition) is 5. The van der Waals surface area contributed by atoms with Crippen LogP contribution >= 0.6 is 11.3 Å². The third-order valence-electron chi connectivity index (χ3n) is 4.68. The highest BCUT2D eigenvalue weighted by Gasteiger charge is 2.44. The lowest BCUT2D eigenvalue weighted by atomic mass is 9.94. The second kappa shape index (κ2) is 8.05. The molecule has 1 unspecified atom stereocenters. The monoisotopic (exact) mass is 412 g/mol. The van der Waals surface area contributed by atoms with Gasteiger partial charge in [0.05, 0.1) is 5.54 Å². The minimum absolute atomic E-state index is 0.170. The standard InChI is InChI=1S/C18H21FN2O4S2/c1-25-11-9-18(20-17(22)14-4-6-15(19)7-5-14)8-10-21(13-18)27(23,24)16-3-2-12-26-16/h2-7,12H,8-11,13H2,1H3,(H,20,22). The Hall–Kier alpha value is -1.81. The lowest BCUT2D eigenvalue weighted by molar-refractivity contribution is 0.0871. The van der Waals surface area contributed by atoms with Crippen LogP contribution in [0.15, 0.2) is 46.0 Å². The molecule has 1 amide bonds. The molecule has 1 aromatic heterocycles. The van der Waals surface area contributed by atoms with E-state index < -0.39 is 21.4 Å². The average Bonchev–Trinajstić information content (AvgIpc) is 3.32. The van der Waals surface area contributed by atoms with E-state index in [-0.39, 0.29) is 16.7 Å². The van der Waals surface area contributed by atoms with E-state index in [9.17, 15) is 17.6 Å². The molecule has 1 aliphatic heterocycles. The molecule has 3 rings (SSSR count). The van der Waals surface area contributed by atoms with Crippen LogP contribution in [0.3, 0.4) is 0 Å². The summed E-state index contributed by atoms with van der Waals surface area (Å²) in [5.74, 6) is -0.781. The van der Waals surface area contributed by atoms with Gasteiger partial charge in [-0.15, -0.1) is 11.3 Å². The molecule has 1 aromatic carbocycles. The fourth-order valence-corrected chi connectivity index (χ4v) is 5.83. The number of hydrogen-bond donors (Lipinski definition) is 1. The van der Waals surface area contributed by atoms with Gasteiger partial charge in [0, 0.05) is 32.4 Å². The molecule has 1 atom stereocenters. The van der Waals surface area contributed by atoms with Gasteiger partial charge >= 0.3 is 0 Å².